The molecule has 2 heteroatoms. The largest absolute Gasteiger partial charge is 0.147 e. The first kappa shape index (κ1) is 9.80. The molecule has 1 aromatic rings. The molecule has 10 heavy (non-hydrogen) atoms. The summed E-state index contributed by atoms with van der Waals surface area (Å²) < 4.78 is 0. The number of halogens is 2. The summed E-state index contributed by atoms with van der Waals surface area (Å²) in [7, 11) is 0. The smallest absolute Gasteiger partial charge is 0.0557 e. The lowest BCUT2D eigenvalue weighted by atomic mass is 10.2. The molecule has 1 rings (SSSR count). The van der Waals surface area contributed by atoms with Crippen LogP contribution >= 0.6 is 24.0 Å². The highest BCUT2D eigenvalue weighted by atomic mass is 35.5. The number of alkyl halides is 1. The normalized spacial score (nSPS) is 11.8. The summed E-state index contributed by atoms with van der Waals surface area (Å²) in [6.07, 6.45) is 0. The molecular weight excluding hydrogens is 167 g/mol. The summed E-state index contributed by atoms with van der Waals surface area (Å²) in [6, 6.07) is 10.0. The first-order valence-electron chi connectivity index (χ1n) is 2.99. The van der Waals surface area contributed by atoms with Crippen LogP contribution in [0.2, 0.25) is 0 Å². The molecule has 0 nitrogen and oxygen atoms in total. The molecule has 0 aliphatic carbocycles. The van der Waals surface area contributed by atoms with Gasteiger partial charge >= 0.3 is 0 Å². The fourth-order valence-corrected chi connectivity index (χ4v) is 0.864. The molecular formula is C8H10Cl2. The second-order valence-electron chi connectivity index (χ2n) is 2.03. The second-order valence-corrected chi connectivity index (χ2v) is 2.68. The van der Waals surface area contributed by atoms with Crippen LogP contribution in [-0.2, 0) is 0 Å². The fourth-order valence-electron chi connectivity index (χ4n) is 0.718. The Kier molecular flexibility index (Phi) is 4.50. The van der Waals surface area contributed by atoms with Gasteiger partial charge in [-0.15, -0.1) is 24.0 Å². The third-order valence-corrected chi connectivity index (χ3v) is 1.51. The number of benzene rings is 1. The van der Waals surface area contributed by atoms with Crippen LogP contribution < -0.4 is 0 Å². The molecule has 56 valence electrons. The Balaban J connectivity index is 0.000000810. The van der Waals surface area contributed by atoms with E-state index in [0.717, 1.165) is 0 Å². The van der Waals surface area contributed by atoms with Crippen LogP contribution in [0.25, 0.3) is 0 Å². The van der Waals surface area contributed by atoms with Crippen molar-refractivity contribution in [3.8, 4) is 0 Å². The molecule has 0 aromatic heterocycles. The van der Waals surface area contributed by atoms with Gasteiger partial charge < -0.3 is 0 Å². The molecule has 0 bridgehead atoms. The minimum absolute atomic E-state index is 0. The molecule has 0 radical (unpaired) electrons. The van der Waals surface area contributed by atoms with Crippen LogP contribution in [0, 0.1) is 0 Å². The maximum Gasteiger partial charge on any atom is 0.0557 e. The Morgan fingerprint density at radius 1 is 1.20 bits per heavy atom. The number of rotatable bonds is 1. The van der Waals surface area contributed by atoms with Crippen LogP contribution in [0.5, 0.6) is 0 Å². The van der Waals surface area contributed by atoms with Crippen LogP contribution in [0.15, 0.2) is 30.3 Å². The summed E-state index contributed by atoms with van der Waals surface area (Å²) in [6.45, 7) is 1.97. The van der Waals surface area contributed by atoms with E-state index >= 15 is 0 Å². The van der Waals surface area contributed by atoms with Crippen molar-refractivity contribution >= 4 is 24.0 Å². The van der Waals surface area contributed by atoms with Crippen molar-refractivity contribution in [3.63, 3.8) is 0 Å². The SMILES string of the molecule is CC(Cl)c1ccccc1.Cl. The van der Waals surface area contributed by atoms with Crippen molar-refractivity contribution in [2.75, 3.05) is 0 Å². The third-order valence-electron chi connectivity index (χ3n) is 1.26. The van der Waals surface area contributed by atoms with E-state index in [2.05, 4.69) is 0 Å². The van der Waals surface area contributed by atoms with Gasteiger partial charge in [-0.05, 0) is 12.5 Å². The lowest BCUT2D eigenvalue weighted by Gasteiger charge is -1.99. The Bertz CT molecular complexity index is 170. The Morgan fingerprint density at radius 3 is 2.00 bits per heavy atom. The Hall–Kier alpha value is -0.200. The predicted octanol–water partition coefficient (Wildman–Crippen LogP) is 3.41. The quantitative estimate of drug-likeness (QED) is 0.576. The first-order valence-corrected chi connectivity index (χ1v) is 3.43. The number of hydrogen-bond donors (Lipinski definition) is 0. The minimum atomic E-state index is 0. The average molecular weight is 177 g/mol. The highest BCUT2D eigenvalue weighted by molar-refractivity contribution is 6.20. The molecule has 0 saturated carbocycles. The van der Waals surface area contributed by atoms with Gasteiger partial charge in [0.1, 0.15) is 0 Å². The zero-order chi connectivity index (χ0) is 6.69. The van der Waals surface area contributed by atoms with Crippen LogP contribution in [0.4, 0.5) is 0 Å². The van der Waals surface area contributed by atoms with E-state index in [1.807, 2.05) is 37.3 Å². The van der Waals surface area contributed by atoms with Gasteiger partial charge in [0.05, 0.1) is 5.38 Å². The van der Waals surface area contributed by atoms with Crippen molar-refractivity contribution in [2.45, 2.75) is 12.3 Å². The van der Waals surface area contributed by atoms with E-state index in [1.54, 1.807) is 0 Å². The van der Waals surface area contributed by atoms with Gasteiger partial charge in [-0.2, -0.15) is 0 Å². The lowest BCUT2D eigenvalue weighted by molar-refractivity contribution is 1.08. The minimum Gasteiger partial charge on any atom is -0.147 e. The average Bonchev–Trinajstić information content (AvgIpc) is 1.90. The number of hydrogen-bond acceptors (Lipinski definition) is 0. The molecule has 0 fully saturated rings. The van der Waals surface area contributed by atoms with Crippen molar-refractivity contribution in [1.29, 1.82) is 0 Å². The third kappa shape index (κ3) is 2.59. The van der Waals surface area contributed by atoms with Gasteiger partial charge in [-0.25, -0.2) is 0 Å². The fraction of sp³-hybridized carbons (Fsp3) is 0.250. The van der Waals surface area contributed by atoms with Crippen molar-refractivity contribution in [1.82, 2.24) is 0 Å². The zero-order valence-corrected chi connectivity index (χ0v) is 7.32. The van der Waals surface area contributed by atoms with Crippen LogP contribution in [0.3, 0.4) is 0 Å². The molecule has 1 unspecified atom stereocenters. The van der Waals surface area contributed by atoms with Gasteiger partial charge in [0.25, 0.3) is 0 Å². The lowest BCUT2D eigenvalue weighted by Crippen LogP contribution is -1.80. The van der Waals surface area contributed by atoms with Crippen LogP contribution in [0.1, 0.15) is 17.9 Å². The Labute approximate surface area is 72.6 Å². The molecule has 0 aliphatic heterocycles. The van der Waals surface area contributed by atoms with Crippen molar-refractivity contribution in [2.24, 2.45) is 0 Å². The maximum absolute atomic E-state index is 5.80. The monoisotopic (exact) mass is 176 g/mol. The highest BCUT2D eigenvalue weighted by Gasteiger charge is 1.95. The standard InChI is InChI=1S/C8H9Cl.ClH/c1-7(9)8-5-3-2-4-6-8;/h2-7H,1H3;1H. The van der Waals surface area contributed by atoms with Crippen LogP contribution in [-0.4, -0.2) is 0 Å². The predicted molar refractivity (Wildman–Crippen MR) is 48.0 cm³/mol. The highest BCUT2D eigenvalue weighted by Crippen LogP contribution is 2.17. The first-order chi connectivity index (χ1) is 4.30. The molecule has 0 aliphatic rings. The molecule has 0 saturated heterocycles. The molecule has 0 N–H and O–H groups in total. The van der Waals surface area contributed by atoms with E-state index in [1.165, 1.54) is 5.56 Å². The molecule has 1 atom stereocenters. The van der Waals surface area contributed by atoms with Crippen molar-refractivity contribution < 1.29 is 0 Å². The second kappa shape index (κ2) is 4.59. The zero-order valence-electron chi connectivity index (χ0n) is 5.75. The van der Waals surface area contributed by atoms with Gasteiger partial charge in [-0.1, -0.05) is 30.3 Å². The summed E-state index contributed by atoms with van der Waals surface area (Å²) in [5.74, 6) is 0. The maximum atomic E-state index is 5.80. The summed E-state index contributed by atoms with van der Waals surface area (Å²) in [5.41, 5.74) is 1.18. The van der Waals surface area contributed by atoms with E-state index in [-0.39, 0.29) is 17.8 Å². The van der Waals surface area contributed by atoms with E-state index in [9.17, 15) is 0 Å². The molecule has 0 heterocycles. The topological polar surface area (TPSA) is 0 Å². The van der Waals surface area contributed by atoms with Gasteiger partial charge in [0.2, 0.25) is 0 Å². The van der Waals surface area contributed by atoms with Crippen molar-refractivity contribution in [3.05, 3.63) is 35.9 Å². The summed E-state index contributed by atoms with van der Waals surface area (Å²) in [5, 5.41) is 0.131. The molecule has 0 spiro atoms. The van der Waals surface area contributed by atoms with Gasteiger partial charge in [0, 0.05) is 0 Å². The summed E-state index contributed by atoms with van der Waals surface area (Å²) >= 11 is 5.80. The van der Waals surface area contributed by atoms with E-state index in [0.29, 0.717) is 0 Å². The van der Waals surface area contributed by atoms with Gasteiger partial charge in [0.15, 0.2) is 0 Å². The molecule has 0 amide bonds. The van der Waals surface area contributed by atoms with E-state index in [4.69, 9.17) is 11.6 Å². The summed E-state index contributed by atoms with van der Waals surface area (Å²) in [4.78, 5) is 0. The van der Waals surface area contributed by atoms with E-state index < -0.39 is 0 Å². The van der Waals surface area contributed by atoms with Gasteiger partial charge in [-0.3, -0.25) is 0 Å². The Morgan fingerprint density at radius 2 is 1.70 bits per heavy atom. The molecule has 1 aromatic carbocycles.